The normalized spacial score (nSPS) is 33.8. The first-order valence-electron chi connectivity index (χ1n) is 6.81. The molecule has 18 heavy (non-hydrogen) atoms. The van der Waals surface area contributed by atoms with Gasteiger partial charge in [0.05, 0.1) is 0 Å². The molecule has 0 N–H and O–H groups in total. The van der Waals surface area contributed by atoms with Gasteiger partial charge in [0.25, 0.3) is 0 Å². The van der Waals surface area contributed by atoms with E-state index in [0.29, 0.717) is 5.41 Å². The van der Waals surface area contributed by atoms with Gasteiger partial charge in [0, 0.05) is 10.6 Å². The topological polar surface area (TPSA) is 0 Å². The molecule has 2 aromatic rings. The van der Waals surface area contributed by atoms with E-state index in [-0.39, 0.29) is 0 Å². The van der Waals surface area contributed by atoms with E-state index in [1.165, 1.54) is 41.3 Å². The van der Waals surface area contributed by atoms with Crippen LogP contribution in [0.5, 0.6) is 0 Å². The summed E-state index contributed by atoms with van der Waals surface area (Å²) in [7, 11) is 0. The minimum atomic E-state index is 0.402. The standard InChI is InChI=1S/C16H17ClS/c17-10-16(6-11-5-12(11)7-16)8-13-9-18-15-4-2-1-3-14(13)15/h1-4,9,11-12H,5-8,10H2. The van der Waals surface area contributed by atoms with Gasteiger partial charge in [-0.1, -0.05) is 18.2 Å². The van der Waals surface area contributed by atoms with Crippen LogP contribution in [0.25, 0.3) is 10.1 Å². The molecular weight excluding hydrogens is 260 g/mol. The highest BCUT2D eigenvalue weighted by Gasteiger charge is 2.53. The van der Waals surface area contributed by atoms with Crippen LogP contribution in [0, 0.1) is 17.3 Å². The van der Waals surface area contributed by atoms with E-state index in [1.807, 2.05) is 11.3 Å². The Hall–Kier alpha value is -0.530. The van der Waals surface area contributed by atoms with Gasteiger partial charge in [-0.2, -0.15) is 0 Å². The molecule has 94 valence electrons. The van der Waals surface area contributed by atoms with Gasteiger partial charge in [-0.05, 0) is 65.3 Å². The van der Waals surface area contributed by atoms with Crippen molar-refractivity contribution in [2.75, 3.05) is 5.88 Å². The van der Waals surface area contributed by atoms with E-state index < -0.39 is 0 Å². The first-order chi connectivity index (χ1) is 8.80. The second kappa shape index (κ2) is 3.98. The Morgan fingerprint density at radius 3 is 2.78 bits per heavy atom. The quantitative estimate of drug-likeness (QED) is 0.684. The Bertz CT molecular complexity index is 576. The third-order valence-electron chi connectivity index (χ3n) is 4.87. The molecule has 0 nitrogen and oxygen atoms in total. The number of hydrogen-bond acceptors (Lipinski definition) is 1. The lowest BCUT2D eigenvalue weighted by atomic mass is 9.79. The summed E-state index contributed by atoms with van der Waals surface area (Å²) >= 11 is 8.20. The van der Waals surface area contributed by atoms with Gasteiger partial charge in [-0.3, -0.25) is 0 Å². The summed E-state index contributed by atoms with van der Waals surface area (Å²) in [6.45, 7) is 0. The molecule has 2 saturated carbocycles. The molecule has 0 spiro atoms. The molecule has 2 heteroatoms. The summed E-state index contributed by atoms with van der Waals surface area (Å²) in [6, 6.07) is 8.77. The molecule has 2 aliphatic carbocycles. The maximum Gasteiger partial charge on any atom is 0.0345 e. The number of rotatable bonds is 3. The van der Waals surface area contributed by atoms with Gasteiger partial charge in [0.2, 0.25) is 0 Å². The van der Waals surface area contributed by atoms with Gasteiger partial charge in [-0.25, -0.2) is 0 Å². The molecule has 1 aromatic heterocycles. The Kier molecular flexibility index (Phi) is 2.50. The maximum absolute atomic E-state index is 6.32. The SMILES string of the molecule is ClCC1(Cc2csc3ccccc23)CC2CC2C1. The lowest BCUT2D eigenvalue weighted by Crippen LogP contribution is -2.23. The van der Waals surface area contributed by atoms with Crippen LogP contribution in [-0.4, -0.2) is 5.88 Å². The molecule has 4 rings (SSSR count). The zero-order chi connectivity index (χ0) is 12.2. The Morgan fingerprint density at radius 1 is 1.22 bits per heavy atom. The number of halogens is 1. The van der Waals surface area contributed by atoms with Gasteiger partial charge in [0.1, 0.15) is 0 Å². The van der Waals surface area contributed by atoms with Crippen LogP contribution in [0.1, 0.15) is 24.8 Å². The van der Waals surface area contributed by atoms with Crippen molar-refractivity contribution in [2.24, 2.45) is 17.3 Å². The molecule has 0 amide bonds. The summed E-state index contributed by atoms with van der Waals surface area (Å²) in [4.78, 5) is 0. The first kappa shape index (κ1) is 11.3. The predicted molar refractivity (Wildman–Crippen MR) is 79.5 cm³/mol. The van der Waals surface area contributed by atoms with E-state index >= 15 is 0 Å². The summed E-state index contributed by atoms with van der Waals surface area (Å²) in [5, 5.41) is 3.80. The minimum Gasteiger partial charge on any atom is -0.144 e. The third-order valence-corrected chi connectivity index (χ3v) is 6.45. The van der Waals surface area contributed by atoms with E-state index in [1.54, 1.807) is 0 Å². The zero-order valence-electron chi connectivity index (χ0n) is 10.4. The predicted octanol–water partition coefficient (Wildman–Crippen LogP) is 5.10. The molecular formula is C16H17ClS. The number of fused-ring (bicyclic) bond motifs is 2. The van der Waals surface area contributed by atoms with Gasteiger partial charge < -0.3 is 0 Å². The van der Waals surface area contributed by atoms with Crippen LogP contribution >= 0.6 is 22.9 Å². The van der Waals surface area contributed by atoms with Crippen molar-refractivity contribution in [3.63, 3.8) is 0 Å². The lowest BCUT2D eigenvalue weighted by Gasteiger charge is -2.28. The van der Waals surface area contributed by atoms with Crippen LogP contribution in [0.2, 0.25) is 0 Å². The third kappa shape index (κ3) is 1.71. The Labute approximate surface area is 117 Å². The molecule has 2 unspecified atom stereocenters. The molecule has 2 aliphatic rings. The highest BCUT2D eigenvalue weighted by molar-refractivity contribution is 7.17. The second-order valence-corrected chi connectivity index (χ2v) is 7.41. The fraction of sp³-hybridized carbons (Fsp3) is 0.500. The molecule has 0 aliphatic heterocycles. The van der Waals surface area contributed by atoms with E-state index in [2.05, 4.69) is 29.6 Å². The van der Waals surface area contributed by atoms with Crippen molar-refractivity contribution in [3.05, 3.63) is 35.2 Å². The summed E-state index contributed by atoms with van der Waals surface area (Å²) < 4.78 is 1.42. The van der Waals surface area contributed by atoms with Crippen LogP contribution in [-0.2, 0) is 6.42 Å². The highest BCUT2D eigenvalue weighted by Crippen LogP contribution is 2.61. The molecule has 1 aromatic carbocycles. The van der Waals surface area contributed by atoms with Crippen molar-refractivity contribution in [2.45, 2.75) is 25.7 Å². The van der Waals surface area contributed by atoms with Gasteiger partial charge >= 0.3 is 0 Å². The minimum absolute atomic E-state index is 0.402. The molecule has 0 radical (unpaired) electrons. The number of hydrogen-bond donors (Lipinski definition) is 0. The summed E-state index contributed by atoms with van der Waals surface area (Å²) in [6.07, 6.45) is 5.40. The summed E-state index contributed by atoms with van der Waals surface area (Å²) in [5.74, 6) is 2.85. The van der Waals surface area contributed by atoms with E-state index in [4.69, 9.17) is 11.6 Å². The zero-order valence-corrected chi connectivity index (χ0v) is 11.9. The highest BCUT2D eigenvalue weighted by atomic mass is 35.5. The van der Waals surface area contributed by atoms with Gasteiger partial charge in [-0.15, -0.1) is 22.9 Å². The Morgan fingerprint density at radius 2 is 2.00 bits per heavy atom. The molecule has 1 heterocycles. The maximum atomic E-state index is 6.32. The monoisotopic (exact) mass is 276 g/mol. The molecule has 0 saturated heterocycles. The van der Waals surface area contributed by atoms with Crippen molar-refractivity contribution in [1.29, 1.82) is 0 Å². The van der Waals surface area contributed by atoms with Crippen LogP contribution in [0.4, 0.5) is 0 Å². The summed E-state index contributed by atoms with van der Waals surface area (Å²) in [5.41, 5.74) is 1.93. The van der Waals surface area contributed by atoms with Crippen LogP contribution in [0.15, 0.2) is 29.6 Å². The van der Waals surface area contributed by atoms with E-state index in [0.717, 1.165) is 17.7 Å². The van der Waals surface area contributed by atoms with Crippen molar-refractivity contribution in [1.82, 2.24) is 0 Å². The molecule has 0 bridgehead atoms. The number of thiophene rings is 1. The van der Waals surface area contributed by atoms with Crippen molar-refractivity contribution >= 4 is 33.0 Å². The van der Waals surface area contributed by atoms with Crippen molar-refractivity contribution in [3.8, 4) is 0 Å². The van der Waals surface area contributed by atoms with Crippen LogP contribution < -0.4 is 0 Å². The van der Waals surface area contributed by atoms with Gasteiger partial charge in [0.15, 0.2) is 0 Å². The largest absolute Gasteiger partial charge is 0.144 e. The van der Waals surface area contributed by atoms with Crippen molar-refractivity contribution < 1.29 is 0 Å². The van der Waals surface area contributed by atoms with E-state index in [9.17, 15) is 0 Å². The number of benzene rings is 1. The average Bonchev–Trinajstić information content (AvgIpc) is 2.86. The molecule has 2 fully saturated rings. The number of alkyl halides is 1. The smallest absolute Gasteiger partial charge is 0.0345 e. The molecule has 2 atom stereocenters. The fourth-order valence-electron chi connectivity index (χ4n) is 3.88. The van der Waals surface area contributed by atoms with Crippen LogP contribution in [0.3, 0.4) is 0 Å². The first-order valence-corrected chi connectivity index (χ1v) is 8.22. The fourth-order valence-corrected chi connectivity index (χ4v) is 5.16. The average molecular weight is 277 g/mol. The second-order valence-electron chi connectivity index (χ2n) is 6.23. The Balaban J connectivity index is 1.67. The lowest BCUT2D eigenvalue weighted by molar-refractivity contribution is 0.304.